The number of rotatable bonds is 9. The number of nitriles is 1. The number of amides is 1. The highest BCUT2D eigenvalue weighted by molar-refractivity contribution is 14.1. The summed E-state index contributed by atoms with van der Waals surface area (Å²) in [5.41, 5.74) is 2.85. The first-order valence-corrected chi connectivity index (χ1v) is 11.1. The topological polar surface area (TPSA) is 104 Å². The van der Waals surface area contributed by atoms with Crippen LogP contribution in [-0.2, 0) is 20.7 Å². The second kappa shape index (κ2) is 11.3. The Morgan fingerprint density at radius 2 is 2.06 bits per heavy atom. The summed E-state index contributed by atoms with van der Waals surface area (Å²) in [5, 5.41) is 13.4. The van der Waals surface area contributed by atoms with Crippen LogP contribution in [0.15, 0.2) is 54.2 Å². The highest BCUT2D eigenvalue weighted by Gasteiger charge is 2.11. The molecular formula is C24H22IN3O4. The van der Waals surface area contributed by atoms with Gasteiger partial charge in [-0.3, -0.25) is 4.79 Å². The fraction of sp³-hybridized carbons (Fsp3) is 0.208. The molecule has 164 valence electrons. The van der Waals surface area contributed by atoms with Gasteiger partial charge in [-0.2, -0.15) is 5.26 Å². The number of carbonyl (C=O) groups excluding carboxylic acids is 2. The molecule has 0 saturated heterocycles. The lowest BCUT2D eigenvalue weighted by molar-refractivity contribution is -0.145. The van der Waals surface area contributed by atoms with Crippen molar-refractivity contribution in [2.75, 3.05) is 19.8 Å². The Kier molecular flexibility index (Phi) is 8.27. The van der Waals surface area contributed by atoms with Gasteiger partial charge < -0.3 is 19.8 Å². The third kappa shape index (κ3) is 6.11. The van der Waals surface area contributed by atoms with Crippen molar-refractivity contribution in [2.24, 2.45) is 0 Å². The lowest BCUT2D eigenvalue weighted by Crippen LogP contribution is -2.26. The second-order valence-corrected chi connectivity index (χ2v) is 7.98. The maximum Gasteiger partial charge on any atom is 0.344 e. The van der Waals surface area contributed by atoms with Crippen LogP contribution in [0.25, 0.3) is 17.0 Å². The van der Waals surface area contributed by atoms with Crippen LogP contribution >= 0.6 is 22.6 Å². The van der Waals surface area contributed by atoms with Gasteiger partial charge in [0.05, 0.1) is 10.2 Å². The number of hydrogen-bond donors (Lipinski definition) is 2. The SMILES string of the molecule is CCOC(=O)COc1ccc(/C=C(/C#N)C(=O)NCCc2c[nH]c3ccccc23)cc1I. The summed E-state index contributed by atoms with van der Waals surface area (Å²) < 4.78 is 11.0. The van der Waals surface area contributed by atoms with Crippen molar-refractivity contribution in [3.8, 4) is 11.8 Å². The Labute approximate surface area is 199 Å². The van der Waals surface area contributed by atoms with E-state index in [9.17, 15) is 14.9 Å². The summed E-state index contributed by atoms with van der Waals surface area (Å²) >= 11 is 2.07. The molecule has 1 amide bonds. The Morgan fingerprint density at radius 1 is 1.25 bits per heavy atom. The van der Waals surface area contributed by atoms with Crippen molar-refractivity contribution < 1.29 is 19.1 Å². The number of benzene rings is 2. The minimum Gasteiger partial charge on any atom is -0.481 e. The van der Waals surface area contributed by atoms with Crippen LogP contribution in [0, 0.1) is 14.9 Å². The van der Waals surface area contributed by atoms with Crippen molar-refractivity contribution in [2.45, 2.75) is 13.3 Å². The summed E-state index contributed by atoms with van der Waals surface area (Å²) in [4.78, 5) is 27.1. The van der Waals surface area contributed by atoms with E-state index in [-0.39, 0.29) is 12.2 Å². The molecule has 2 aromatic carbocycles. The molecule has 32 heavy (non-hydrogen) atoms. The summed E-state index contributed by atoms with van der Waals surface area (Å²) in [6, 6.07) is 15.1. The minimum absolute atomic E-state index is 0.0138. The summed E-state index contributed by atoms with van der Waals surface area (Å²) in [7, 11) is 0. The van der Waals surface area contributed by atoms with Crippen LogP contribution in [0.1, 0.15) is 18.1 Å². The van der Waals surface area contributed by atoms with Gasteiger partial charge >= 0.3 is 5.97 Å². The van der Waals surface area contributed by atoms with Gasteiger partial charge in [0.2, 0.25) is 0 Å². The quantitative estimate of drug-likeness (QED) is 0.184. The van der Waals surface area contributed by atoms with Gasteiger partial charge in [0.25, 0.3) is 5.91 Å². The lowest BCUT2D eigenvalue weighted by Gasteiger charge is -2.08. The van der Waals surface area contributed by atoms with E-state index in [2.05, 4.69) is 32.9 Å². The first kappa shape index (κ1) is 23.3. The van der Waals surface area contributed by atoms with Crippen LogP contribution in [0.3, 0.4) is 0 Å². The third-order valence-corrected chi connectivity index (χ3v) is 5.48. The maximum absolute atomic E-state index is 12.5. The lowest BCUT2D eigenvalue weighted by atomic mass is 10.1. The Morgan fingerprint density at radius 3 is 2.81 bits per heavy atom. The molecule has 3 rings (SSSR count). The highest BCUT2D eigenvalue weighted by Crippen LogP contribution is 2.23. The van der Waals surface area contributed by atoms with Gasteiger partial charge in [-0.05, 0) is 71.3 Å². The number of ether oxygens (including phenoxy) is 2. The van der Waals surface area contributed by atoms with E-state index in [0.717, 1.165) is 20.0 Å². The van der Waals surface area contributed by atoms with E-state index in [4.69, 9.17) is 9.47 Å². The van der Waals surface area contributed by atoms with E-state index in [0.29, 0.717) is 30.9 Å². The molecule has 2 N–H and O–H groups in total. The zero-order valence-electron chi connectivity index (χ0n) is 17.5. The molecule has 0 atom stereocenters. The first-order valence-electron chi connectivity index (χ1n) is 10.0. The van der Waals surface area contributed by atoms with E-state index < -0.39 is 11.9 Å². The van der Waals surface area contributed by atoms with Crippen LogP contribution in [0.4, 0.5) is 0 Å². The standard InChI is InChI=1S/C24H22IN3O4/c1-2-31-23(29)15-32-22-8-7-16(12-20(22)25)11-18(13-26)24(30)27-10-9-17-14-28-21-6-4-3-5-19(17)21/h3-8,11-12,14,28H,2,9-10,15H2,1H3,(H,27,30)/b18-11-. The Balaban J connectivity index is 1.59. The molecule has 0 radical (unpaired) electrons. The van der Waals surface area contributed by atoms with Gasteiger partial charge in [-0.25, -0.2) is 4.79 Å². The number of fused-ring (bicyclic) bond motifs is 1. The molecule has 0 bridgehead atoms. The predicted molar refractivity (Wildman–Crippen MR) is 130 cm³/mol. The maximum atomic E-state index is 12.5. The molecule has 0 unspecified atom stereocenters. The fourth-order valence-corrected chi connectivity index (χ4v) is 3.82. The normalized spacial score (nSPS) is 11.1. The number of aromatic amines is 1. The molecule has 0 spiro atoms. The Bertz CT molecular complexity index is 1190. The Hall–Kier alpha value is -3.32. The van der Waals surface area contributed by atoms with E-state index >= 15 is 0 Å². The highest BCUT2D eigenvalue weighted by atomic mass is 127. The number of carbonyl (C=O) groups is 2. The van der Waals surface area contributed by atoms with E-state index in [1.165, 1.54) is 6.08 Å². The number of halogens is 1. The van der Waals surface area contributed by atoms with Gasteiger partial charge in [0.1, 0.15) is 17.4 Å². The number of esters is 1. The molecule has 0 aliphatic carbocycles. The smallest absolute Gasteiger partial charge is 0.344 e. The zero-order valence-corrected chi connectivity index (χ0v) is 19.6. The summed E-state index contributed by atoms with van der Waals surface area (Å²) in [5.74, 6) is -0.342. The molecule has 0 saturated carbocycles. The number of hydrogen-bond acceptors (Lipinski definition) is 5. The molecule has 8 heteroatoms. The molecule has 0 aliphatic rings. The summed E-state index contributed by atoms with van der Waals surface area (Å²) in [6.45, 7) is 2.26. The molecule has 0 fully saturated rings. The van der Waals surface area contributed by atoms with Gasteiger partial charge in [-0.1, -0.05) is 24.3 Å². The van der Waals surface area contributed by atoms with Crippen molar-refractivity contribution in [1.29, 1.82) is 5.26 Å². The average Bonchev–Trinajstić information content (AvgIpc) is 3.20. The number of H-pyrrole nitrogens is 1. The fourth-order valence-electron chi connectivity index (χ4n) is 3.12. The van der Waals surface area contributed by atoms with Crippen LogP contribution in [0.5, 0.6) is 5.75 Å². The number of nitrogens with zero attached hydrogens (tertiary/aromatic N) is 1. The van der Waals surface area contributed by atoms with Gasteiger partial charge in [-0.15, -0.1) is 0 Å². The number of para-hydroxylation sites is 1. The molecule has 1 heterocycles. The first-order chi connectivity index (χ1) is 15.5. The van der Waals surface area contributed by atoms with Gasteiger partial charge in [0, 0.05) is 23.6 Å². The van der Waals surface area contributed by atoms with Crippen molar-refractivity contribution in [3.05, 3.63) is 68.9 Å². The minimum atomic E-state index is -0.441. The van der Waals surface area contributed by atoms with E-state index in [1.807, 2.05) is 36.5 Å². The molecule has 0 aliphatic heterocycles. The molecule has 7 nitrogen and oxygen atoms in total. The van der Waals surface area contributed by atoms with Crippen LogP contribution in [0.2, 0.25) is 0 Å². The number of aromatic nitrogens is 1. The monoisotopic (exact) mass is 543 g/mol. The van der Waals surface area contributed by atoms with E-state index in [1.54, 1.807) is 25.1 Å². The molecular weight excluding hydrogens is 521 g/mol. The van der Waals surface area contributed by atoms with Crippen molar-refractivity contribution in [3.63, 3.8) is 0 Å². The second-order valence-electron chi connectivity index (χ2n) is 6.82. The summed E-state index contributed by atoms with van der Waals surface area (Å²) in [6.07, 6.45) is 4.11. The van der Waals surface area contributed by atoms with Crippen LogP contribution in [-0.4, -0.2) is 36.6 Å². The van der Waals surface area contributed by atoms with Crippen LogP contribution < -0.4 is 10.1 Å². The largest absolute Gasteiger partial charge is 0.481 e. The zero-order chi connectivity index (χ0) is 22.9. The average molecular weight is 543 g/mol. The third-order valence-electron chi connectivity index (χ3n) is 4.64. The van der Waals surface area contributed by atoms with Crippen molar-refractivity contribution in [1.82, 2.24) is 10.3 Å². The predicted octanol–water partition coefficient (Wildman–Crippen LogP) is 3.98. The molecule has 3 aromatic rings. The van der Waals surface area contributed by atoms with Gasteiger partial charge in [0.15, 0.2) is 6.61 Å². The molecule has 1 aromatic heterocycles. The number of nitrogens with one attached hydrogen (secondary N) is 2. The van der Waals surface area contributed by atoms with Crippen molar-refractivity contribution >= 4 is 51.4 Å².